The van der Waals surface area contributed by atoms with Crippen LogP contribution in [0.25, 0.3) is 0 Å². The van der Waals surface area contributed by atoms with Gasteiger partial charge in [-0.05, 0) is 57.4 Å². The Labute approximate surface area is 127 Å². The summed E-state index contributed by atoms with van der Waals surface area (Å²) in [5.41, 5.74) is -0.264. The number of fused-ring (bicyclic) bond motifs is 2. The fourth-order valence-electron chi connectivity index (χ4n) is 4.47. The van der Waals surface area contributed by atoms with Gasteiger partial charge in [0.15, 0.2) is 0 Å². The minimum atomic E-state index is -0.264. The van der Waals surface area contributed by atoms with Crippen molar-refractivity contribution < 1.29 is 9.90 Å². The normalized spacial score (nSPS) is 43.1. The van der Waals surface area contributed by atoms with E-state index < -0.39 is 0 Å². The second kappa shape index (κ2) is 6.20. The number of nitrogens with one attached hydrogen (secondary N) is 2. The van der Waals surface area contributed by atoms with E-state index in [1.807, 2.05) is 0 Å². The second-order valence-corrected chi connectivity index (χ2v) is 7.02. The third-order valence-corrected chi connectivity index (χ3v) is 5.74. The van der Waals surface area contributed by atoms with Crippen molar-refractivity contribution in [2.45, 2.75) is 45.1 Å². The molecule has 3 rings (SSSR count). The molecule has 2 saturated carbocycles. The summed E-state index contributed by atoms with van der Waals surface area (Å²) in [5, 5.41) is 16.2. The van der Waals surface area contributed by atoms with E-state index in [9.17, 15) is 9.90 Å². The molecule has 0 aromatic heterocycles. The first kappa shape index (κ1) is 16.1. The lowest BCUT2D eigenvalue weighted by Gasteiger charge is -2.37. The summed E-state index contributed by atoms with van der Waals surface area (Å²) in [4.78, 5) is 12.6. The van der Waals surface area contributed by atoms with Crippen LogP contribution in [0.3, 0.4) is 0 Å². The Hall–Kier alpha value is -0.320. The standard InChI is InChI=1S/C15H26N2O2.ClH/c1-15(5-2-6-16-9-15)14(19)17-13-11-4-3-10(7-11)12(13)8-18;/h10-13,16,18H,2-9H2,1H3,(H,17,19);1H. The van der Waals surface area contributed by atoms with Crippen molar-refractivity contribution in [3.8, 4) is 0 Å². The van der Waals surface area contributed by atoms with Crippen LogP contribution in [0.2, 0.25) is 0 Å². The molecular formula is C15H27ClN2O2. The van der Waals surface area contributed by atoms with Crippen molar-refractivity contribution in [1.82, 2.24) is 10.6 Å². The first-order chi connectivity index (χ1) is 9.14. The maximum absolute atomic E-state index is 12.6. The summed E-state index contributed by atoms with van der Waals surface area (Å²) in [6.07, 6.45) is 5.70. The van der Waals surface area contributed by atoms with Crippen LogP contribution in [0.1, 0.15) is 39.0 Å². The largest absolute Gasteiger partial charge is 0.396 e. The van der Waals surface area contributed by atoms with E-state index in [1.165, 1.54) is 19.3 Å². The molecule has 2 aliphatic carbocycles. The molecule has 2 bridgehead atoms. The number of hydrogen-bond acceptors (Lipinski definition) is 3. The topological polar surface area (TPSA) is 61.4 Å². The van der Waals surface area contributed by atoms with Crippen LogP contribution >= 0.6 is 12.4 Å². The third kappa shape index (κ3) is 2.70. The molecule has 0 aromatic carbocycles. The average molecular weight is 303 g/mol. The van der Waals surface area contributed by atoms with Gasteiger partial charge in [-0.3, -0.25) is 4.79 Å². The highest BCUT2D eigenvalue weighted by molar-refractivity contribution is 5.85. The zero-order valence-electron chi connectivity index (χ0n) is 12.2. The quantitative estimate of drug-likeness (QED) is 0.737. The van der Waals surface area contributed by atoms with E-state index in [2.05, 4.69) is 17.6 Å². The molecule has 3 aliphatic rings. The number of hydrogen-bond donors (Lipinski definition) is 3. The average Bonchev–Trinajstić information content (AvgIpc) is 3.00. The first-order valence-electron chi connectivity index (χ1n) is 7.76. The highest BCUT2D eigenvalue weighted by Crippen LogP contribution is 2.48. The highest BCUT2D eigenvalue weighted by atomic mass is 35.5. The van der Waals surface area contributed by atoms with Crippen LogP contribution in [0.4, 0.5) is 0 Å². The summed E-state index contributed by atoms with van der Waals surface area (Å²) in [5.74, 6) is 1.72. The van der Waals surface area contributed by atoms with E-state index in [0.29, 0.717) is 17.8 Å². The SMILES string of the molecule is CC1(C(=O)NC2C3CCC(C3)C2CO)CCCNC1.Cl. The van der Waals surface area contributed by atoms with Crippen LogP contribution < -0.4 is 10.6 Å². The Bertz CT molecular complexity index is 358. The number of aliphatic hydroxyl groups is 1. The van der Waals surface area contributed by atoms with Crippen molar-refractivity contribution in [3.63, 3.8) is 0 Å². The molecule has 20 heavy (non-hydrogen) atoms. The zero-order valence-corrected chi connectivity index (χ0v) is 13.0. The number of rotatable bonds is 3. The first-order valence-corrected chi connectivity index (χ1v) is 7.76. The third-order valence-electron chi connectivity index (χ3n) is 5.74. The minimum Gasteiger partial charge on any atom is -0.396 e. The molecule has 116 valence electrons. The van der Waals surface area contributed by atoms with Crippen LogP contribution in [0.15, 0.2) is 0 Å². The monoisotopic (exact) mass is 302 g/mol. The number of aliphatic hydroxyl groups excluding tert-OH is 1. The molecule has 5 atom stereocenters. The number of halogens is 1. The highest BCUT2D eigenvalue weighted by Gasteiger charge is 2.49. The van der Waals surface area contributed by atoms with E-state index in [1.54, 1.807) is 0 Å². The van der Waals surface area contributed by atoms with Crippen molar-refractivity contribution in [1.29, 1.82) is 0 Å². The maximum Gasteiger partial charge on any atom is 0.227 e. The zero-order chi connectivity index (χ0) is 13.5. The Morgan fingerprint density at radius 2 is 2.15 bits per heavy atom. The molecule has 0 radical (unpaired) electrons. The van der Waals surface area contributed by atoms with Gasteiger partial charge < -0.3 is 15.7 Å². The minimum absolute atomic E-state index is 0. The predicted molar refractivity (Wildman–Crippen MR) is 80.8 cm³/mol. The maximum atomic E-state index is 12.6. The van der Waals surface area contributed by atoms with Gasteiger partial charge in [0.05, 0.1) is 5.41 Å². The Morgan fingerprint density at radius 1 is 1.40 bits per heavy atom. The fraction of sp³-hybridized carbons (Fsp3) is 0.933. The molecule has 1 saturated heterocycles. The summed E-state index contributed by atoms with van der Waals surface area (Å²) in [7, 11) is 0. The molecule has 0 aromatic rings. The van der Waals surface area contributed by atoms with Crippen LogP contribution in [0.5, 0.6) is 0 Å². The predicted octanol–water partition coefficient (Wildman–Crippen LogP) is 1.32. The van der Waals surface area contributed by atoms with Gasteiger partial charge in [0.25, 0.3) is 0 Å². The van der Waals surface area contributed by atoms with Crippen LogP contribution in [-0.2, 0) is 4.79 Å². The molecule has 1 aliphatic heterocycles. The van der Waals surface area contributed by atoms with Gasteiger partial charge in [0.2, 0.25) is 5.91 Å². The number of amides is 1. The van der Waals surface area contributed by atoms with Crippen molar-refractivity contribution in [2.75, 3.05) is 19.7 Å². The van der Waals surface area contributed by atoms with Crippen LogP contribution in [0, 0.1) is 23.2 Å². The lowest BCUT2D eigenvalue weighted by molar-refractivity contribution is -0.132. The molecule has 5 unspecified atom stereocenters. The summed E-state index contributed by atoms with van der Waals surface area (Å²) >= 11 is 0. The Balaban J connectivity index is 0.00000147. The van der Waals surface area contributed by atoms with E-state index in [4.69, 9.17) is 0 Å². The van der Waals surface area contributed by atoms with Gasteiger partial charge >= 0.3 is 0 Å². The summed E-state index contributed by atoms with van der Waals surface area (Å²) in [6.45, 7) is 4.09. The van der Waals surface area contributed by atoms with Gasteiger partial charge in [-0.1, -0.05) is 0 Å². The lowest BCUT2D eigenvalue weighted by atomic mass is 9.80. The lowest BCUT2D eigenvalue weighted by Crippen LogP contribution is -2.54. The van der Waals surface area contributed by atoms with Crippen molar-refractivity contribution in [2.24, 2.45) is 23.2 Å². The van der Waals surface area contributed by atoms with Gasteiger partial charge in [0, 0.05) is 25.1 Å². The molecule has 0 spiro atoms. The molecule has 1 heterocycles. The summed E-state index contributed by atoms with van der Waals surface area (Å²) in [6, 6.07) is 0.218. The smallest absolute Gasteiger partial charge is 0.227 e. The van der Waals surface area contributed by atoms with Crippen molar-refractivity contribution in [3.05, 3.63) is 0 Å². The molecule has 3 N–H and O–H groups in total. The molecule has 3 fully saturated rings. The van der Waals surface area contributed by atoms with Crippen molar-refractivity contribution >= 4 is 18.3 Å². The van der Waals surface area contributed by atoms with E-state index in [-0.39, 0.29) is 36.4 Å². The van der Waals surface area contributed by atoms with Gasteiger partial charge in [0.1, 0.15) is 0 Å². The van der Waals surface area contributed by atoms with E-state index >= 15 is 0 Å². The molecule has 4 nitrogen and oxygen atoms in total. The van der Waals surface area contributed by atoms with Crippen LogP contribution in [-0.4, -0.2) is 36.8 Å². The number of piperidine rings is 1. The fourth-order valence-corrected chi connectivity index (χ4v) is 4.47. The van der Waals surface area contributed by atoms with Gasteiger partial charge in [-0.2, -0.15) is 0 Å². The number of carbonyl (C=O) groups is 1. The molecule has 5 heteroatoms. The van der Waals surface area contributed by atoms with Gasteiger partial charge in [-0.25, -0.2) is 0 Å². The molecular weight excluding hydrogens is 276 g/mol. The van der Waals surface area contributed by atoms with E-state index in [0.717, 1.165) is 25.9 Å². The molecule has 1 amide bonds. The Morgan fingerprint density at radius 3 is 2.80 bits per heavy atom. The summed E-state index contributed by atoms with van der Waals surface area (Å²) < 4.78 is 0. The van der Waals surface area contributed by atoms with Gasteiger partial charge in [-0.15, -0.1) is 12.4 Å². The number of carbonyl (C=O) groups excluding carboxylic acids is 1. The Kier molecular flexibility index (Phi) is 4.98. The second-order valence-electron chi connectivity index (χ2n) is 7.02.